The van der Waals surface area contributed by atoms with Gasteiger partial charge < -0.3 is 18.9 Å². The van der Waals surface area contributed by atoms with Gasteiger partial charge in [-0.2, -0.15) is 5.10 Å². The fourth-order valence-electron chi connectivity index (χ4n) is 6.24. The van der Waals surface area contributed by atoms with Crippen molar-refractivity contribution in [2.75, 3.05) is 13.7 Å². The van der Waals surface area contributed by atoms with E-state index >= 15 is 0 Å². The minimum Gasteiger partial charge on any atom is -0.496 e. The number of nitro groups is 1. The molecule has 1 spiro atoms. The molecule has 2 aliphatic heterocycles. The van der Waals surface area contributed by atoms with E-state index in [4.69, 9.17) is 24.0 Å². The number of methoxy groups -OCH3 is 1. The molecule has 48 heavy (non-hydrogen) atoms. The predicted molar refractivity (Wildman–Crippen MR) is 175 cm³/mol. The van der Waals surface area contributed by atoms with Crippen molar-refractivity contribution in [1.82, 2.24) is 5.01 Å². The lowest BCUT2D eigenvalue weighted by Crippen LogP contribution is -2.44. The summed E-state index contributed by atoms with van der Waals surface area (Å²) in [6.45, 7) is 2.29. The Morgan fingerprint density at radius 1 is 0.896 bits per heavy atom. The summed E-state index contributed by atoms with van der Waals surface area (Å²) in [7, 11) is 1.56. The zero-order valence-corrected chi connectivity index (χ0v) is 25.8. The Balaban J connectivity index is 1.41. The van der Waals surface area contributed by atoms with Crippen molar-refractivity contribution in [2.45, 2.75) is 12.5 Å². The maximum atomic E-state index is 14.3. The first kappa shape index (κ1) is 30.2. The topological polar surface area (TPSA) is 130 Å². The van der Waals surface area contributed by atoms with E-state index in [-0.39, 0.29) is 28.7 Å². The lowest BCUT2D eigenvalue weighted by Gasteiger charge is -2.41. The van der Waals surface area contributed by atoms with Crippen molar-refractivity contribution in [3.63, 3.8) is 0 Å². The lowest BCUT2D eigenvalue weighted by molar-refractivity contribution is -0.385. The van der Waals surface area contributed by atoms with Crippen LogP contribution in [0.1, 0.15) is 49.9 Å². The molecule has 5 aromatic rings. The molecule has 2 aliphatic rings. The quantitative estimate of drug-likeness (QED) is 0.0576. The predicted octanol–water partition coefficient (Wildman–Crippen LogP) is 7.11. The number of carbonyl (C=O) groups excluding carboxylic acids is 2. The van der Waals surface area contributed by atoms with E-state index in [9.17, 15) is 19.7 Å². The average molecular weight is 642 g/mol. The summed E-state index contributed by atoms with van der Waals surface area (Å²) in [5.41, 5.74) is 1.10. The number of nitro benzene ring substituents is 1. The summed E-state index contributed by atoms with van der Waals surface area (Å²) >= 11 is 0. The molecule has 0 radical (unpaired) electrons. The highest BCUT2D eigenvalue weighted by Crippen LogP contribution is 2.58. The van der Waals surface area contributed by atoms with E-state index in [1.807, 2.05) is 49.4 Å². The third kappa shape index (κ3) is 4.80. The average Bonchev–Trinajstić information content (AvgIpc) is 3.35. The summed E-state index contributed by atoms with van der Waals surface area (Å²) in [4.78, 5) is 38.3. The Morgan fingerprint density at radius 3 is 2.31 bits per heavy atom. The molecular weight excluding hydrogens is 614 g/mol. The van der Waals surface area contributed by atoms with Crippen molar-refractivity contribution in [2.24, 2.45) is 5.10 Å². The van der Waals surface area contributed by atoms with Crippen LogP contribution in [0.2, 0.25) is 0 Å². The van der Waals surface area contributed by atoms with Crippen molar-refractivity contribution in [3.05, 3.63) is 153 Å². The molecule has 11 heteroatoms. The van der Waals surface area contributed by atoms with Gasteiger partial charge in [0.25, 0.3) is 11.6 Å². The molecule has 0 aromatic heterocycles. The zero-order chi connectivity index (χ0) is 33.4. The first-order valence-electron chi connectivity index (χ1n) is 15.0. The summed E-state index contributed by atoms with van der Waals surface area (Å²) < 4.78 is 23.4. The summed E-state index contributed by atoms with van der Waals surface area (Å²) in [6.07, 6.45) is 1.58. The molecule has 0 fully saturated rings. The van der Waals surface area contributed by atoms with Gasteiger partial charge in [0.2, 0.25) is 0 Å². The van der Waals surface area contributed by atoms with Gasteiger partial charge in [0.15, 0.2) is 0 Å². The Morgan fingerprint density at radius 2 is 1.56 bits per heavy atom. The second-order valence-corrected chi connectivity index (χ2v) is 10.9. The van der Waals surface area contributed by atoms with Gasteiger partial charge in [0.05, 0.1) is 24.9 Å². The van der Waals surface area contributed by atoms with Gasteiger partial charge in [-0.05, 0) is 55.5 Å². The van der Waals surface area contributed by atoms with Crippen LogP contribution >= 0.6 is 0 Å². The van der Waals surface area contributed by atoms with E-state index in [0.717, 1.165) is 0 Å². The van der Waals surface area contributed by atoms with Crippen LogP contribution in [-0.2, 0) is 5.54 Å². The van der Waals surface area contributed by atoms with E-state index < -0.39 is 16.4 Å². The fraction of sp³-hybridized carbons (Fsp3) is 0.108. The summed E-state index contributed by atoms with van der Waals surface area (Å²) in [5, 5.41) is 17.8. The van der Waals surface area contributed by atoms with E-state index in [1.165, 1.54) is 35.3 Å². The zero-order valence-electron chi connectivity index (χ0n) is 25.8. The monoisotopic (exact) mass is 641 g/mol. The normalized spacial score (nSPS) is 15.8. The highest BCUT2D eigenvalue weighted by molar-refractivity contribution is 6.03. The van der Waals surface area contributed by atoms with Crippen LogP contribution in [0.4, 0.5) is 5.69 Å². The Kier molecular flexibility index (Phi) is 7.56. The molecule has 11 nitrogen and oxygen atoms in total. The highest BCUT2D eigenvalue weighted by Gasteiger charge is 2.57. The second kappa shape index (κ2) is 12.0. The number of ether oxygens (including phenoxy) is 4. The lowest BCUT2D eigenvalue weighted by atomic mass is 9.75. The van der Waals surface area contributed by atoms with Gasteiger partial charge in [-0.15, -0.1) is 0 Å². The molecular formula is C37H27N3O8. The number of amides is 1. The number of hydrazone groups is 1. The molecule has 1 atom stereocenters. The SMILES string of the molecule is CCOc1ccc2c(c1)Oc1cc(OC(=O)c3ccccc3[N+](=O)[O-])ccc1C21c2ccccc2C(=O)N1/N=C/c1ccccc1OC. The van der Waals surface area contributed by atoms with Crippen LogP contribution in [0, 0.1) is 10.1 Å². The van der Waals surface area contributed by atoms with Gasteiger partial charge in [0, 0.05) is 46.0 Å². The van der Waals surface area contributed by atoms with Gasteiger partial charge in [0.1, 0.15) is 39.8 Å². The van der Waals surface area contributed by atoms with Crippen LogP contribution in [0.25, 0.3) is 0 Å². The maximum Gasteiger partial charge on any atom is 0.350 e. The molecule has 0 bridgehead atoms. The molecule has 0 aliphatic carbocycles. The number of fused-ring (bicyclic) bond motifs is 6. The van der Waals surface area contributed by atoms with Gasteiger partial charge >= 0.3 is 5.97 Å². The van der Waals surface area contributed by atoms with Gasteiger partial charge in [-0.3, -0.25) is 14.9 Å². The third-order valence-corrected chi connectivity index (χ3v) is 8.26. The number of esters is 1. The van der Waals surface area contributed by atoms with E-state index in [2.05, 4.69) is 0 Å². The van der Waals surface area contributed by atoms with Crippen LogP contribution in [0.5, 0.6) is 28.7 Å². The Labute approximate surface area is 274 Å². The number of carbonyl (C=O) groups is 2. The first-order valence-corrected chi connectivity index (χ1v) is 15.0. The van der Waals surface area contributed by atoms with Crippen LogP contribution in [0.3, 0.4) is 0 Å². The van der Waals surface area contributed by atoms with Crippen molar-refractivity contribution in [3.8, 4) is 28.7 Å². The molecule has 0 N–H and O–H groups in total. The molecule has 1 unspecified atom stereocenters. The molecule has 0 saturated carbocycles. The maximum absolute atomic E-state index is 14.3. The minimum absolute atomic E-state index is 0.0816. The van der Waals surface area contributed by atoms with E-state index in [1.54, 1.807) is 49.7 Å². The molecule has 238 valence electrons. The minimum atomic E-state index is -1.30. The van der Waals surface area contributed by atoms with Crippen LogP contribution in [-0.4, -0.2) is 41.7 Å². The Bertz CT molecular complexity index is 2150. The van der Waals surface area contributed by atoms with Crippen LogP contribution < -0.4 is 18.9 Å². The fourth-order valence-corrected chi connectivity index (χ4v) is 6.24. The third-order valence-electron chi connectivity index (χ3n) is 8.26. The summed E-state index contributed by atoms with van der Waals surface area (Å²) in [5.74, 6) is 0.656. The Hall–Kier alpha value is -6.49. The molecule has 2 heterocycles. The molecule has 1 amide bonds. The molecule has 5 aromatic carbocycles. The smallest absolute Gasteiger partial charge is 0.350 e. The number of nitrogens with zero attached hydrogens (tertiary/aromatic N) is 3. The number of rotatable bonds is 8. The second-order valence-electron chi connectivity index (χ2n) is 10.9. The standard InChI is InChI=1S/C37H27N3O8/c1-3-46-24-16-18-29-33(20-24)48-34-21-25(47-36(42)27-12-6-8-14-31(27)40(43)44)17-19-30(34)37(29)28-13-7-5-11-26(28)35(41)39(37)38-22-23-10-4-9-15-32(23)45-2/h4-22H,3H2,1-2H3/b38-22+. The molecule has 7 rings (SSSR count). The van der Waals surface area contributed by atoms with Crippen molar-refractivity contribution >= 4 is 23.8 Å². The number of benzene rings is 5. The highest BCUT2D eigenvalue weighted by atomic mass is 16.6. The van der Waals surface area contributed by atoms with Crippen LogP contribution in [0.15, 0.2) is 114 Å². The van der Waals surface area contributed by atoms with Gasteiger partial charge in [-0.25, -0.2) is 9.80 Å². The first-order chi connectivity index (χ1) is 23.4. The largest absolute Gasteiger partial charge is 0.496 e. The number of hydrogen-bond donors (Lipinski definition) is 0. The molecule has 0 saturated heterocycles. The number of hydrogen-bond acceptors (Lipinski definition) is 9. The summed E-state index contributed by atoms with van der Waals surface area (Å²) in [6, 6.07) is 30.4. The van der Waals surface area contributed by atoms with Crippen molar-refractivity contribution < 1.29 is 33.5 Å². The van der Waals surface area contributed by atoms with Crippen molar-refractivity contribution in [1.29, 1.82) is 0 Å². The number of para-hydroxylation sites is 2. The van der Waals surface area contributed by atoms with E-state index in [0.29, 0.717) is 51.7 Å². The van der Waals surface area contributed by atoms with Gasteiger partial charge in [-0.1, -0.05) is 42.5 Å².